The summed E-state index contributed by atoms with van der Waals surface area (Å²) in [6.07, 6.45) is 5.93. The van der Waals surface area contributed by atoms with Crippen LogP contribution in [0.4, 0.5) is 23.1 Å². The first kappa shape index (κ1) is 21.7. The summed E-state index contributed by atoms with van der Waals surface area (Å²) in [4.78, 5) is 31.6. The third-order valence-corrected chi connectivity index (χ3v) is 8.41. The maximum atomic E-state index is 11.8. The van der Waals surface area contributed by atoms with Crippen LogP contribution in [0.1, 0.15) is 12.8 Å². The predicted molar refractivity (Wildman–Crippen MR) is 138 cm³/mol. The van der Waals surface area contributed by atoms with E-state index < -0.39 is 0 Å². The Bertz CT molecular complexity index is 1320. The molecular weight excluding hydrogens is 456 g/mol. The van der Waals surface area contributed by atoms with E-state index in [0.29, 0.717) is 11.4 Å². The van der Waals surface area contributed by atoms with Crippen molar-refractivity contribution in [1.82, 2.24) is 20.0 Å². The lowest BCUT2D eigenvalue weighted by atomic mass is 9.78. The van der Waals surface area contributed by atoms with Gasteiger partial charge in [-0.05, 0) is 31.0 Å². The smallest absolute Gasteiger partial charge is 0.228 e. The highest BCUT2D eigenvalue weighted by atomic mass is 16.5. The van der Waals surface area contributed by atoms with Gasteiger partial charge in [0.25, 0.3) is 0 Å². The van der Waals surface area contributed by atoms with Gasteiger partial charge in [0, 0.05) is 43.2 Å². The van der Waals surface area contributed by atoms with Gasteiger partial charge >= 0.3 is 0 Å². The average Bonchev–Trinajstić information content (AvgIpc) is 3.45. The van der Waals surface area contributed by atoms with Gasteiger partial charge in [0.15, 0.2) is 0 Å². The molecule has 3 aromatic rings. The van der Waals surface area contributed by atoms with Crippen LogP contribution in [-0.4, -0.2) is 84.4 Å². The first-order valence-corrected chi connectivity index (χ1v) is 12.7. The fraction of sp³-hybridized carbons (Fsp3) is 0.500. The summed E-state index contributed by atoms with van der Waals surface area (Å²) in [6.45, 7) is 7.41. The highest BCUT2D eigenvalue weighted by Gasteiger charge is 2.49. The van der Waals surface area contributed by atoms with E-state index in [0.717, 1.165) is 98.3 Å². The number of rotatable bonds is 5. The van der Waals surface area contributed by atoms with E-state index in [9.17, 15) is 4.91 Å². The second kappa shape index (κ2) is 7.99. The minimum absolute atomic E-state index is 0.169. The Balaban J connectivity index is 1.08. The van der Waals surface area contributed by atoms with Crippen molar-refractivity contribution in [2.45, 2.75) is 12.8 Å². The Morgan fingerprint density at radius 2 is 1.78 bits per heavy atom. The number of anilines is 4. The number of benzene rings is 1. The monoisotopic (exact) mass is 487 g/mol. The highest BCUT2D eigenvalue weighted by Crippen LogP contribution is 2.42. The summed E-state index contributed by atoms with van der Waals surface area (Å²) >= 11 is 0. The number of nitrogens with zero attached hydrogens (tertiary/aromatic N) is 7. The minimum Gasteiger partial charge on any atom is -0.380 e. The number of para-hydroxylation sites is 1. The van der Waals surface area contributed by atoms with Gasteiger partial charge < -0.3 is 19.9 Å². The largest absolute Gasteiger partial charge is 0.380 e. The van der Waals surface area contributed by atoms with Crippen LogP contribution in [0.15, 0.2) is 42.7 Å². The van der Waals surface area contributed by atoms with E-state index in [2.05, 4.69) is 49.4 Å². The van der Waals surface area contributed by atoms with Gasteiger partial charge in [0.1, 0.15) is 10.7 Å². The van der Waals surface area contributed by atoms with Crippen molar-refractivity contribution in [3.63, 3.8) is 0 Å². The average molecular weight is 488 g/mol. The van der Waals surface area contributed by atoms with Gasteiger partial charge in [-0.3, -0.25) is 0 Å². The third kappa shape index (κ3) is 3.62. The van der Waals surface area contributed by atoms with Crippen molar-refractivity contribution in [2.75, 3.05) is 74.6 Å². The molecular formula is C26H31N8O2+. The summed E-state index contributed by atoms with van der Waals surface area (Å²) in [5.41, 5.74) is 3.75. The van der Waals surface area contributed by atoms with E-state index in [4.69, 9.17) is 9.72 Å². The SMILES string of the molecule is C[N+](=O)N1CCC2(CCN(c3cccc4cnc(Nc5ccc(N6CC7(COC7)C6)cn5)nc34)C2)C1. The first-order valence-electron chi connectivity index (χ1n) is 12.7. The number of nitrogens with one attached hydrogen (secondary N) is 1. The molecule has 186 valence electrons. The number of hydrogen-bond donors (Lipinski definition) is 1. The fourth-order valence-corrected chi connectivity index (χ4v) is 6.26. The van der Waals surface area contributed by atoms with Crippen molar-refractivity contribution >= 4 is 34.0 Å². The first-order chi connectivity index (χ1) is 17.5. The van der Waals surface area contributed by atoms with Gasteiger partial charge in [-0.1, -0.05) is 12.1 Å². The zero-order valence-corrected chi connectivity index (χ0v) is 20.6. The second-order valence-corrected chi connectivity index (χ2v) is 11.1. The molecule has 0 radical (unpaired) electrons. The van der Waals surface area contributed by atoms with Crippen molar-refractivity contribution in [1.29, 1.82) is 0 Å². The topological polar surface area (TPSA) is 89.7 Å². The molecule has 2 spiro atoms. The summed E-state index contributed by atoms with van der Waals surface area (Å²) < 4.78 is 5.37. The van der Waals surface area contributed by atoms with Crippen molar-refractivity contribution in [2.24, 2.45) is 10.8 Å². The Hall–Kier alpha value is -3.53. The van der Waals surface area contributed by atoms with Crippen molar-refractivity contribution in [3.05, 3.63) is 47.6 Å². The van der Waals surface area contributed by atoms with Crippen LogP contribution >= 0.6 is 0 Å². The Kier molecular flexibility index (Phi) is 4.82. The molecule has 4 saturated heterocycles. The van der Waals surface area contributed by atoms with Crippen LogP contribution in [-0.2, 0) is 4.74 Å². The van der Waals surface area contributed by atoms with Crippen molar-refractivity contribution < 1.29 is 9.61 Å². The van der Waals surface area contributed by atoms with Gasteiger partial charge in [-0.15, -0.1) is 5.01 Å². The Labute approximate surface area is 209 Å². The molecule has 0 aliphatic carbocycles. The Morgan fingerprint density at radius 3 is 2.50 bits per heavy atom. The van der Waals surface area contributed by atoms with Crippen LogP contribution in [0.2, 0.25) is 0 Å². The molecule has 36 heavy (non-hydrogen) atoms. The lowest BCUT2D eigenvalue weighted by molar-refractivity contribution is -0.682. The van der Waals surface area contributed by atoms with E-state index >= 15 is 0 Å². The number of ether oxygens (including phenoxy) is 1. The van der Waals surface area contributed by atoms with Gasteiger partial charge in [-0.25, -0.2) is 15.0 Å². The Morgan fingerprint density at radius 1 is 0.944 bits per heavy atom. The number of fused-ring (bicyclic) bond motifs is 1. The molecule has 2 aromatic heterocycles. The molecule has 0 saturated carbocycles. The normalized spacial score (nSPS) is 24.4. The molecule has 0 amide bonds. The lowest BCUT2D eigenvalue weighted by Crippen LogP contribution is -2.66. The number of nitroso groups, excluding NO2 is 1. The highest BCUT2D eigenvalue weighted by molar-refractivity contribution is 5.91. The summed E-state index contributed by atoms with van der Waals surface area (Å²) in [5, 5.41) is 6.21. The molecule has 4 aliphatic heterocycles. The molecule has 10 nitrogen and oxygen atoms in total. The lowest BCUT2D eigenvalue weighted by Gasteiger charge is -2.55. The molecule has 4 fully saturated rings. The number of pyridine rings is 1. The molecule has 10 heteroatoms. The minimum atomic E-state index is 0.169. The van der Waals surface area contributed by atoms with Crippen LogP contribution in [0.25, 0.3) is 10.9 Å². The molecule has 1 N–H and O–H groups in total. The standard InChI is InChI=1S/C26H31N8O2/c1-31(35)34-10-8-25(16-34)7-9-32(13-25)21-4-2-3-19-11-28-24(30-23(19)21)29-22-6-5-20(12-27-22)33-14-26(15-33)17-36-18-26/h2-6,11-12H,7-10,13-18H2,1H3,(H,27,28,29,30)/q+1. The molecule has 1 aromatic carbocycles. The third-order valence-electron chi connectivity index (χ3n) is 8.41. The fourth-order valence-electron chi connectivity index (χ4n) is 6.26. The van der Waals surface area contributed by atoms with Crippen molar-refractivity contribution in [3.8, 4) is 0 Å². The zero-order valence-electron chi connectivity index (χ0n) is 20.6. The van der Waals surface area contributed by atoms with E-state index in [-0.39, 0.29) is 5.41 Å². The van der Waals surface area contributed by atoms with E-state index in [1.54, 1.807) is 7.05 Å². The van der Waals surface area contributed by atoms with Crippen LogP contribution in [0, 0.1) is 15.7 Å². The van der Waals surface area contributed by atoms with Gasteiger partial charge in [0.2, 0.25) is 13.0 Å². The molecule has 0 bridgehead atoms. The number of hydrazine groups is 1. The summed E-state index contributed by atoms with van der Waals surface area (Å²) in [5.74, 6) is 1.27. The molecule has 6 heterocycles. The molecule has 1 atom stereocenters. The van der Waals surface area contributed by atoms with Crippen LogP contribution in [0.3, 0.4) is 0 Å². The summed E-state index contributed by atoms with van der Waals surface area (Å²) in [7, 11) is 1.59. The predicted octanol–water partition coefficient (Wildman–Crippen LogP) is 2.83. The second-order valence-electron chi connectivity index (χ2n) is 11.1. The zero-order chi connectivity index (χ0) is 24.3. The van der Waals surface area contributed by atoms with Gasteiger partial charge in [-0.2, -0.15) is 0 Å². The van der Waals surface area contributed by atoms with Crippen LogP contribution < -0.4 is 15.1 Å². The van der Waals surface area contributed by atoms with Gasteiger partial charge in [0.05, 0.1) is 59.7 Å². The maximum Gasteiger partial charge on any atom is 0.228 e. The molecule has 7 rings (SSSR count). The number of hydrogen-bond acceptors (Lipinski definition) is 8. The maximum absolute atomic E-state index is 11.8. The van der Waals surface area contributed by atoms with E-state index in [1.807, 2.05) is 23.5 Å². The van der Waals surface area contributed by atoms with Crippen LogP contribution in [0.5, 0.6) is 0 Å². The number of aromatic nitrogens is 3. The van der Waals surface area contributed by atoms with E-state index in [1.165, 1.54) is 0 Å². The molecule has 1 unspecified atom stereocenters. The summed E-state index contributed by atoms with van der Waals surface area (Å²) in [6, 6.07) is 10.4. The molecule has 4 aliphatic rings. The quantitative estimate of drug-likeness (QED) is 0.546.